The Balaban J connectivity index is 0.00000264. The predicted molar refractivity (Wildman–Crippen MR) is 88.6 cm³/mol. The van der Waals surface area contributed by atoms with Crippen molar-refractivity contribution >= 4 is 0 Å². The number of ether oxygens (including phenoxy) is 2. The summed E-state index contributed by atoms with van der Waals surface area (Å²) in [7, 11) is 0. The third-order valence-electron chi connectivity index (χ3n) is 4.72. The third kappa shape index (κ3) is 6.82. The summed E-state index contributed by atoms with van der Waals surface area (Å²) < 4.78 is 11.8. The third-order valence-corrected chi connectivity index (χ3v) is 4.72. The molecule has 0 heterocycles. The van der Waals surface area contributed by atoms with Crippen molar-refractivity contribution in [3.05, 3.63) is 36.8 Å². The molecular weight excluding hydrogens is 365 g/mol. The van der Waals surface area contributed by atoms with Gasteiger partial charge in [0.2, 0.25) is 0 Å². The molecular formula is C19H29O3Y-. The second-order valence-corrected chi connectivity index (χ2v) is 6.38. The van der Waals surface area contributed by atoms with Crippen molar-refractivity contribution in [2.45, 2.75) is 39.2 Å². The minimum Gasteiger partial charge on any atom is -0.493 e. The molecule has 1 radical (unpaired) electrons. The van der Waals surface area contributed by atoms with Crippen LogP contribution >= 0.6 is 0 Å². The van der Waals surface area contributed by atoms with Crippen molar-refractivity contribution in [3.63, 3.8) is 0 Å². The summed E-state index contributed by atoms with van der Waals surface area (Å²) in [4.78, 5) is 0. The summed E-state index contributed by atoms with van der Waals surface area (Å²) >= 11 is 0. The van der Waals surface area contributed by atoms with Crippen LogP contribution in [-0.2, 0) is 44.1 Å². The Morgan fingerprint density at radius 3 is 2.83 bits per heavy atom. The van der Waals surface area contributed by atoms with Crippen molar-refractivity contribution < 1.29 is 47.3 Å². The van der Waals surface area contributed by atoms with Gasteiger partial charge in [-0.2, -0.15) is 6.42 Å². The summed E-state index contributed by atoms with van der Waals surface area (Å²) in [6.07, 6.45) is 4.47. The van der Waals surface area contributed by atoms with E-state index in [0.29, 0.717) is 17.8 Å². The molecule has 0 aliphatic heterocycles. The largest absolute Gasteiger partial charge is 0.493 e. The van der Waals surface area contributed by atoms with Crippen molar-refractivity contribution in [3.8, 4) is 5.75 Å². The van der Waals surface area contributed by atoms with Gasteiger partial charge in [0.25, 0.3) is 0 Å². The number of rotatable bonds is 9. The molecule has 127 valence electrons. The van der Waals surface area contributed by atoms with E-state index in [-0.39, 0.29) is 39.3 Å². The van der Waals surface area contributed by atoms with Gasteiger partial charge in [-0.1, -0.05) is 25.5 Å². The summed E-state index contributed by atoms with van der Waals surface area (Å²) in [5, 5.41) is 9.19. The molecule has 0 amide bonds. The maximum Gasteiger partial charge on any atom is 0.119 e. The standard InChI is InChI=1S/C19H29O3.Y/c1-3-4-10-21-13-17-9-8-15(2)19(17)14-22-18-7-5-6-16(11-18)12-20;/h5-7,11,15,17,19-20H,1,3-4,8-10,12-14H2,2H3;/q-1;/t15?,17-,19+;/m1./s1. The number of aliphatic hydroxyl groups excluding tert-OH is 1. The van der Waals surface area contributed by atoms with Gasteiger partial charge in [0, 0.05) is 51.8 Å². The molecule has 1 unspecified atom stereocenters. The Hall–Kier alpha value is 0.0439. The molecule has 0 saturated heterocycles. The zero-order valence-corrected chi connectivity index (χ0v) is 17.1. The molecule has 1 fully saturated rings. The van der Waals surface area contributed by atoms with Crippen LogP contribution in [0.1, 0.15) is 38.2 Å². The van der Waals surface area contributed by atoms with Crippen LogP contribution in [0.5, 0.6) is 5.75 Å². The Kier molecular flexibility index (Phi) is 10.6. The average molecular weight is 394 g/mol. The smallest absolute Gasteiger partial charge is 0.119 e. The molecule has 0 spiro atoms. The molecule has 2 rings (SSSR count). The maximum absolute atomic E-state index is 9.19. The van der Waals surface area contributed by atoms with Crippen molar-refractivity contribution in [1.82, 2.24) is 0 Å². The van der Waals surface area contributed by atoms with Crippen LogP contribution in [-0.4, -0.2) is 24.9 Å². The first kappa shape index (κ1) is 21.1. The van der Waals surface area contributed by atoms with Gasteiger partial charge in [0.1, 0.15) is 5.75 Å². The van der Waals surface area contributed by atoms with E-state index in [4.69, 9.17) is 9.47 Å². The van der Waals surface area contributed by atoms with Gasteiger partial charge in [-0.3, -0.25) is 0 Å². The molecule has 0 aromatic heterocycles. The first-order chi connectivity index (χ1) is 10.7. The van der Waals surface area contributed by atoms with Gasteiger partial charge in [-0.15, -0.1) is 0 Å². The maximum atomic E-state index is 9.19. The Labute approximate surface area is 166 Å². The molecule has 3 nitrogen and oxygen atoms in total. The fourth-order valence-corrected chi connectivity index (χ4v) is 3.24. The number of unbranched alkanes of at least 4 members (excludes halogenated alkanes) is 1. The van der Waals surface area contributed by atoms with Gasteiger partial charge in [0.05, 0.1) is 13.2 Å². The van der Waals surface area contributed by atoms with Gasteiger partial charge in [0.15, 0.2) is 0 Å². The minimum atomic E-state index is 0. The van der Waals surface area contributed by atoms with E-state index in [2.05, 4.69) is 13.8 Å². The fraction of sp³-hybridized carbons (Fsp3) is 0.632. The van der Waals surface area contributed by atoms with E-state index in [0.717, 1.165) is 44.0 Å². The molecule has 23 heavy (non-hydrogen) atoms. The topological polar surface area (TPSA) is 38.7 Å². The second-order valence-electron chi connectivity index (χ2n) is 6.38. The predicted octanol–water partition coefficient (Wildman–Crippen LogP) is 3.85. The van der Waals surface area contributed by atoms with E-state index in [9.17, 15) is 5.11 Å². The molecule has 1 aromatic rings. The molecule has 1 saturated carbocycles. The Morgan fingerprint density at radius 2 is 2.09 bits per heavy atom. The van der Waals surface area contributed by atoms with E-state index in [1.54, 1.807) is 0 Å². The van der Waals surface area contributed by atoms with Gasteiger partial charge >= 0.3 is 0 Å². The zero-order chi connectivity index (χ0) is 15.8. The quantitative estimate of drug-likeness (QED) is 0.511. The fourth-order valence-electron chi connectivity index (χ4n) is 3.24. The Bertz CT molecular complexity index is 438. The summed E-state index contributed by atoms with van der Waals surface area (Å²) in [5.74, 6) is 2.68. The van der Waals surface area contributed by atoms with E-state index < -0.39 is 0 Å². The molecule has 1 N–H and O–H groups in total. The number of aliphatic hydroxyl groups is 1. The number of hydrogen-bond donors (Lipinski definition) is 1. The normalized spacial score (nSPS) is 23.5. The molecule has 1 aliphatic rings. The summed E-state index contributed by atoms with van der Waals surface area (Å²) in [5.41, 5.74) is 0.894. The van der Waals surface area contributed by atoms with Crippen LogP contribution in [0.2, 0.25) is 0 Å². The average Bonchev–Trinajstić information content (AvgIpc) is 2.90. The molecule has 0 bridgehead atoms. The second kappa shape index (κ2) is 11.6. The van der Waals surface area contributed by atoms with Gasteiger partial charge < -0.3 is 21.5 Å². The van der Waals surface area contributed by atoms with Gasteiger partial charge in [-0.05, 0) is 42.4 Å². The van der Waals surface area contributed by atoms with Crippen LogP contribution in [0.3, 0.4) is 0 Å². The van der Waals surface area contributed by atoms with Crippen LogP contribution in [0.4, 0.5) is 0 Å². The van der Waals surface area contributed by atoms with E-state index in [1.807, 2.05) is 24.3 Å². The number of benzene rings is 1. The first-order valence-corrected chi connectivity index (χ1v) is 8.44. The monoisotopic (exact) mass is 394 g/mol. The zero-order valence-electron chi connectivity index (χ0n) is 14.2. The van der Waals surface area contributed by atoms with Crippen LogP contribution in [0, 0.1) is 24.7 Å². The van der Waals surface area contributed by atoms with Crippen LogP contribution < -0.4 is 4.74 Å². The first-order valence-electron chi connectivity index (χ1n) is 8.44. The minimum absolute atomic E-state index is 0. The molecule has 1 aromatic carbocycles. The van der Waals surface area contributed by atoms with Crippen molar-refractivity contribution in [1.29, 1.82) is 0 Å². The van der Waals surface area contributed by atoms with E-state index >= 15 is 0 Å². The summed E-state index contributed by atoms with van der Waals surface area (Å²) in [6, 6.07) is 7.71. The molecule has 3 atom stereocenters. The Morgan fingerprint density at radius 1 is 1.26 bits per heavy atom. The van der Waals surface area contributed by atoms with E-state index in [1.165, 1.54) is 12.8 Å². The SMILES string of the molecule is [CH2-]CCCOC[C@H]1CCC(C)[C@@H]1COc1cccc(CO)c1.[Y]. The molecule has 4 heteroatoms. The molecule has 1 aliphatic carbocycles. The van der Waals surface area contributed by atoms with Crippen molar-refractivity contribution in [2.24, 2.45) is 17.8 Å². The number of hydrogen-bond acceptors (Lipinski definition) is 3. The van der Waals surface area contributed by atoms with Crippen LogP contribution in [0.15, 0.2) is 24.3 Å². The van der Waals surface area contributed by atoms with Crippen LogP contribution in [0.25, 0.3) is 0 Å². The van der Waals surface area contributed by atoms with Gasteiger partial charge in [-0.25, -0.2) is 0 Å². The summed E-state index contributed by atoms with van der Waals surface area (Å²) in [6.45, 7) is 8.61. The van der Waals surface area contributed by atoms with Crippen molar-refractivity contribution in [2.75, 3.05) is 19.8 Å².